The number of hydrogen-bond acceptors (Lipinski definition) is 4. The van der Waals surface area contributed by atoms with E-state index in [1.807, 2.05) is 60.7 Å². The topological polar surface area (TPSA) is 60.4 Å². The number of pyridine rings is 4. The molecule has 6 nitrogen and oxygen atoms in total. The predicted octanol–water partition coefficient (Wildman–Crippen LogP) is 9.39. The molecule has 0 aliphatic rings. The van der Waals surface area contributed by atoms with Gasteiger partial charge in [0.15, 0.2) is 0 Å². The third-order valence-electron chi connectivity index (χ3n) is 8.90. The van der Waals surface area contributed by atoms with Gasteiger partial charge in [0.25, 0.3) is 0 Å². The van der Waals surface area contributed by atoms with Gasteiger partial charge in [-0.25, -0.2) is 19.9 Å². The maximum atomic E-state index is 5.20. The molecule has 0 aliphatic heterocycles. The number of para-hydroxylation sites is 2. The van der Waals surface area contributed by atoms with Crippen LogP contribution in [0.25, 0.3) is 88.8 Å². The molecule has 6 heteroatoms. The van der Waals surface area contributed by atoms with Crippen LogP contribution in [0.3, 0.4) is 0 Å². The SMILES string of the molecule is c1cc(-c2cccc(-c3nc4ccccc4c4nc5ccccn5c34)c2)cc(-c2nc3ccccc3c3nc4ccccn4c23)c1. The van der Waals surface area contributed by atoms with E-state index in [0.29, 0.717) is 0 Å². The highest BCUT2D eigenvalue weighted by molar-refractivity contribution is 6.10. The lowest BCUT2D eigenvalue weighted by Gasteiger charge is -2.11. The molecule has 0 amide bonds. The fraction of sp³-hybridized carbons (Fsp3) is 0. The molecule has 0 spiro atoms. The van der Waals surface area contributed by atoms with Crippen molar-refractivity contribution in [3.05, 3.63) is 146 Å². The van der Waals surface area contributed by atoms with E-state index in [9.17, 15) is 0 Å². The molecule has 0 saturated heterocycles. The first-order valence-corrected chi connectivity index (χ1v) is 15.3. The lowest BCUT2D eigenvalue weighted by Crippen LogP contribution is -1.93. The van der Waals surface area contributed by atoms with Gasteiger partial charge in [0, 0.05) is 34.3 Å². The van der Waals surface area contributed by atoms with Crippen molar-refractivity contribution in [2.75, 3.05) is 0 Å². The van der Waals surface area contributed by atoms with Gasteiger partial charge in [0.1, 0.15) is 22.3 Å². The van der Waals surface area contributed by atoms with Crippen LogP contribution in [0.4, 0.5) is 0 Å². The van der Waals surface area contributed by atoms with Crippen molar-refractivity contribution in [3.63, 3.8) is 0 Å². The van der Waals surface area contributed by atoms with Crippen LogP contribution in [-0.2, 0) is 0 Å². The molecule has 214 valence electrons. The van der Waals surface area contributed by atoms with Crippen molar-refractivity contribution in [2.45, 2.75) is 0 Å². The fourth-order valence-electron chi connectivity index (χ4n) is 6.80. The van der Waals surface area contributed by atoms with Crippen LogP contribution >= 0.6 is 0 Å². The monoisotopic (exact) mass is 588 g/mol. The minimum absolute atomic E-state index is 0.905. The summed E-state index contributed by atoms with van der Waals surface area (Å²) in [7, 11) is 0. The summed E-state index contributed by atoms with van der Waals surface area (Å²) in [6.07, 6.45) is 4.13. The zero-order chi connectivity index (χ0) is 30.2. The van der Waals surface area contributed by atoms with E-state index in [4.69, 9.17) is 19.9 Å². The molecule has 10 rings (SSSR count). The Morgan fingerprint density at radius 3 is 1.30 bits per heavy atom. The Morgan fingerprint density at radius 2 is 0.804 bits per heavy atom. The van der Waals surface area contributed by atoms with Crippen LogP contribution in [0.15, 0.2) is 146 Å². The second-order valence-electron chi connectivity index (χ2n) is 11.6. The lowest BCUT2D eigenvalue weighted by atomic mass is 9.97. The molecule has 0 fully saturated rings. The summed E-state index contributed by atoms with van der Waals surface area (Å²) in [5, 5.41) is 2.10. The molecule has 0 saturated carbocycles. The molecule has 46 heavy (non-hydrogen) atoms. The molecule has 4 aromatic carbocycles. The molecule has 6 heterocycles. The molecule has 0 aliphatic carbocycles. The molecule has 0 atom stereocenters. The Morgan fingerprint density at radius 1 is 0.370 bits per heavy atom. The van der Waals surface area contributed by atoms with Gasteiger partial charge in [0.05, 0.1) is 33.5 Å². The number of nitrogens with zero attached hydrogens (tertiary/aromatic N) is 6. The number of rotatable bonds is 3. The third-order valence-corrected chi connectivity index (χ3v) is 8.90. The van der Waals surface area contributed by atoms with E-state index in [1.54, 1.807) is 0 Å². The second-order valence-corrected chi connectivity index (χ2v) is 11.6. The lowest BCUT2D eigenvalue weighted by molar-refractivity contribution is 1.22. The summed E-state index contributed by atoms with van der Waals surface area (Å²) < 4.78 is 4.29. The van der Waals surface area contributed by atoms with Gasteiger partial charge in [0.2, 0.25) is 0 Å². The summed E-state index contributed by atoms with van der Waals surface area (Å²) in [5.74, 6) is 0. The highest BCUT2D eigenvalue weighted by Gasteiger charge is 2.18. The van der Waals surface area contributed by atoms with Gasteiger partial charge < -0.3 is 0 Å². The van der Waals surface area contributed by atoms with Crippen LogP contribution < -0.4 is 0 Å². The maximum absolute atomic E-state index is 5.20. The average Bonchev–Trinajstić information content (AvgIpc) is 3.71. The molecule has 0 unspecified atom stereocenters. The average molecular weight is 589 g/mol. The van der Waals surface area contributed by atoms with Gasteiger partial charge in [-0.05, 0) is 59.7 Å². The van der Waals surface area contributed by atoms with Crippen LogP contribution in [0, 0.1) is 0 Å². The van der Waals surface area contributed by atoms with Crippen molar-refractivity contribution >= 4 is 55.2 Å². The summed E-state index contributed by atoms with van der Waals surface area (Å²) in [6, 6.07) is 46.0. The number of aromatic nitrogens is 6. The Kier molecular flexibility index (Phi) is 5.19. The minimum atomic E-state index is 0.905. The summed E-state index contributed by atoms with van der Waals surface area (Å²) >= 11 is 0. The Balaban J connectivity index is 1.18. The van der Waals surface area contributed by atoms with Crippen molar-refractivity contribution in [1.29, 1.82) is 0 Å². The molecule has 0 radical (unpaired) electrons. The normalized spacial score (nSPS) is 11.9. The Labute approximate surface area is 262 Å². The Bertz CT molecular complexity index is 2630. The number of imidazole rings is 2. The first kappa shape index (κ1) is 25.0. The number of hydrogen-bond donors (Lipinski definition) is 0. The molecule has 0 bridgehead atoms. The summed E-state index contributed by atoms with van der Waals surface area (Å²) in [6.45, 7) is 0. The smallest absolute Gasteiger partial charge is 0.137 e. The van der Waals surface area contributed by atoms with Crippen LogP contribution in [0.1, 0.15) is 0 Å². The van der Waals surface area contributed by atoms with Crippen LogP contribution in [0.5, 0.6) is 0 Å². The summed E-state index contributed by atoms with van der Waals surface area (Å²) in [5.41, 5.74) is 13.7. The first-order chi connectivity index (χ1) is 22.8. The number of benzene rings is 4. The van der Waals surface area contributed by atoms with Gasteiger partial charge in [-0.3, -0.25) is 8.80 Å². The van der Waals surface area contributed by atoms with E-state index < -0.39 is 0 Å². The molecule has 10 aromatic rings. The van der Waals surface area contributed by atoms with E-state index in [1.165, 1.54) is 0 Å². The highest BCUT2D eigenvalue weighted by Crippen LogP contribution is 2.37. The third kappa shape index (κ3) is 3.64. The summed E-state index contributed by atoms with van der Waals surface area (Å²) in [4.78, 5) is 20.5. The zero-order valence-corrected chi connectivity index (χ0v) is 24.5. The second kappa shape index (κ2) is 9.55. The standard InChI is InChI=1S/C40H24N6/c1-3-17-31-29(15-1)37-39(45-21-7-5-19-33(45)43-37)35(41-31)27-13-9-11-25(23-27)26-12-10-14-28(24-26)36-40-38(30-16-2-4-18-32(30)42-36)44-34-20-6-8-22-46(34)40/h1-24H. The van der Waals surface area contributed by atoms with Gasteiger partial charge in [-0.1, -0.05) is 84.9 Å². The molecule has 6 aromatic heterocycles. The molecular formula is C40H24N6. The minimum Gasteiger partial charge on any atom is -0.298 e. The first-order valence-electron chi connectivity index (χ1n) is 15.3. The molecule has 0 N–H and O–H groups in total. The van der Waals surface area contributed by atoms with Crippen LogP contribution in [-0.4, -0.2) is 28.7 Å². The van der Waals surface area contributed by atoms with E-state index in [0.717, 1.165) is 88.8 Å². The number of fused-ring (bicyclic) bond motifs is 10. The predicted molar refractivity (Wildman–Crippen MR) is 186 cm³/mol. The van der Waals surface area contributed by atoms with Crippen molar-refractivity contribution in [1.82, 2.24) is 28.7 Å². The molecular weight excluding hydrogens is 564 g/mol. The van der Waals surface area contributed by atoms with Gasteiger partial charge >= 0.3 is 0 Å². The Hall–Kier alpha value is -6.40. The van der Waals surface area contributed by atoms with Crippen LogP contribution in [0.2, 0.25) is 0 Å². The van der Waals surface area contributed by atoms with Gasteiger partial charge in [-0.15, -0.1) is 0 Å². The van der Waals surface area contributed by atoms with Gasteiger partial charge in [-0.2, -0.15) is 0 Å². The van der Waals surface area contributed by atoms with E-state index in [2.05, 4.69) is 94.0 Å². The highest BCUT2D eigenvalue weighted by atomic mass is 15.0. The quantitative estimate of drug-likeness (QED) is 0.206. The van der Waals surface area contributed by atoms with Crippen molar-refractivity contribution < 1.29 is 0 Å². The maximum Gasteiger partial charge on any atom is 0.137 e. The zero-order valence-electron chi connectivity index (χ0n) is 24.5. The van der Waals surface area contributed by atoms with E-state index >= 15 is 0 Å². The van der Waals surface area contributed by atoms with Crippen molar-refractivity contribution in [2.24, 2.45) is 0 Å². The van der Waals surface area contributed by atoms with Crippen molar-refractivity contribution in [3.8, 4) is 33.6 Å². The largest absolute Gasteiger partial charge is 0.298 e. The fourth-order valence-corrected chi connectivity index (χ4v) is 6.80. The van der Waals surface area contributed by atoms with E-state index in [-0.39, 0.29) is 0 Å².